The van der Waals surface area contributed by atoms with E-state index in [0.717, 1.165) is 13.8 Å². The molecule has 1 aliphatic carbocycles. The summed E-state index contributed by atoms with van der Waals surface area (Å²) in [5.74, 6) is 0.657. The molecule has 1 aliphatic heterocycles. The van der Waals surface area contributed by atoms with Crippen molar-refractivity contribution in [3.05, 3.63) is 0 Å². The number of amides is 2. The molecule has 0 radical (unpaired) electrons. The molecule has 8 heteroatoms. The lowest BCUT2D eigenvalue weighted by molar-refractivity contribution is -0.243. The highest BCUT2D eigenvalue weighted by Gasteiger charge is 2.62. The Labute approximate surface area is 127 Å². The maximum absolute atomic E-state index is 12.6. The number of ether oxygens (including phenoxy) is 1. The summed E-state index contributed by atoms with van der Waals surface area (Å²) in [4.78, 5) is 25.0. The van der Waals surface area contributed by atoms with Crippen LogP contribution in [0.25, 0.3) is 0 Å². The van der Waals surface area contributed by atoms with Crippen LogP contribution in [0.1, 0.15) is 27.7 Å². The summed E-state index contributed by atoms with van der Waals surface area (Å²) in [7, 11) is 0. The number of alkyl halides is 3. The Bertz CT molecular complexity index is 474. The molecule has 1 saturated heterocycles. The van der Waals surface area contributed by atoms with Gasteiger partial charge in [0.25, 0.3) is 0 Å². The number of alkyl carbamates (subject to hydrolysis) is 1. The number of nitrogens with zero attached hydrogens (tertiary/aromatic N) is 1. The number of carbonyl (C=O) groups is 2. The lowest BCUT2D eigenvalue weighted by Crippen LogP contribution is -2.47. The van der Waals surface area contributed by atoms with Crippen LogP contribution in [0.2, 0.25) is 0 Å². The molecule has 1 N–H and O–H groups in total. The number of fused-ring (bicyclic) bond motifs is 1. The molecule has 2 fully saturated rings. The maximum Gasteiger partial charge on any atom is 0.427 e. The number of likely N-dealkylation sites (tertiary alicyclic amines) is 1. The van der Waals surface area contributed by atoms with E-state index in [1.54, 1.807) is 4.90 Å². The van der Waals surface area contributed by atoms with Crippen LogP contribution in [0.15, 0.2) is 0 Å². The summed E-state index contributed by atoms with van der Waals surface area (Å²) in [5.41, 5.74) is -2.33. The monoisotopic (exact) mass is 322 g/mol. The second-order valence-electron chi connectivity index (χ2n) is 7.08. The highest BCUT2D eigenvalue weighted by atomic mass is 19.4. The SMILES string of the molecule is CC1(C)C2CN(C(=O)CNC(=O)OC(C)(C)C(F)(F)F)CC21. The van der Waals surface area contributed by atoms with Gasteiger partial charge in [-0.15, -0.1) is 0 Å². The summed E-state index contributed by atoms with van der Waals surface area (Å²) in [6.45, 7) is 6.74. The van der Waals surface area contributed by atoms with Crippen LogP contribution in [-0.4, -0.2) is 48.3 Å². The molecular formula is C14H21F3N2O3. The van der Waals surface area contributed by atoms with E-state index in [0.29, 0.717) is 24.9 Å². The molecule has 2 unspecified atom stereocenters. The average molecular weight is 322 g/mol. The van der Waals surface area contributed by atoms with Crippen molar-refractivity contribution in [2.24, 2.45) is 17.3 Å². The van der Waals surface area contributed by atoms with Gasteiger partial charge in [0.2, 0.25) is 11.5 Å². The van der Waals surface area contributed by atoms with Crippen molar-refractivity contribution in [2.75, 3.05) is 19.6 Å². The molecule has 0 aromatic rings. The standard InChI is InChI=1S/C14H21F3N2O3/c1-12(2)8-6-19(7-9(8)12)10(20)5-18-11(21)22-13(3,4)14(15,16)17/h8-9H,5-7H2,1-4H3,(H,18,21). The molecular weight excluding hydrogens is 301 g/mol. The zero-order valence-corrected chi connectivity index (χ0v) is 13.1. The lowest BCUT2D eigenvalue weighted by Gasteiger charge is -2.27. The lowest BCUT2D eigenvalue weighted by atomic mass is 10.1. The highest BCUT2D eigenvalue weighted by Crippen LogP contribution is 2.61. The first kappa shape index (κ1) is 16.9. The van der Waals surface area contributed by atoms with E-state index in [2.05, 4.69) is 23.9 Å². The van der Waals surface area contributed by atoms with Gasteiger partial charge in [0.15, 0.2) is 0 Å². The van der Waals surface area contributed by atoms with E-state index in [1.807, 2.05) is 0 Å². The fraction of sp³-hybridized carbons (Fsp3) is 0.857. The molecule has 1 heterocycles. The van der Waals surface area contributed by atoms with Gasteiger partial charge in [0.1, 0.15) is 6.54 Å². The summed E-state index contributed by atoms with van der Waals surface area (Å²) in [5, 5.41) is 2.09. The van der Waals surface area contributed by atoms with Gasteiger partial charge in [-0.2, -0.15) is 13.2 Å². The molecule has 126 valence electrons. The third-order valence-electron chi connectivity index (χ3n) is 4.89. The van der Waals surface area contributed by atoms with Crippen LogP contribution in [0.3, 0.4) is 0 Å². The molecule has 2 atom stereocenters. The Kier molecular flexibility index (Phi) is 3.86. The van der Waals surface area contributed by atoms with Gasteiger partial charge in [0, 0.05) is 13.1 Å². The number of nitrogens with one attached hydrogen (secondary N) is 1. The number of rotatable bonds is 3. The van der Waals surface area contributed by atoms with E-state index in [4.69, 9.17) is 0 Å². The van der Waals surface area contributed by atoms with Crippen LogP contribution in [0.4, 0.5) is 18.0 Å². The Hall–Kier alpha value is -1.47. The van der Waals surface area contributed by atoms with Crippen molar-refractivity contribution in [1.82, 2.24) is 10.2 Å². The van der Waals surface area contributed by atoms with Gasteiger partial charge >= 0.3 is 12.3 Å². The predicted molar refractivity (Wildman–Crippen MR) is 72.0 cm³/mol. The van der Waals surface area contributed by atoms with E-state index in [9.17, 15) is 22.8 Å². The molecule has 0 aromatic heterocycles. The average Bonchev–Trinajstić information content (AvgIpc) is 2.77. The van der Waals surface area contributed by atoms with Crippen molar-refractivity contribution in [1.29, 1.82) is 0 Å². The van der Waals surface area contributed by atoms with Crippen LogP contribution in [0, 0.1) is 17.3 Å². The fourth-order valence-electron chi connectivity index (χ4n) is 2.92. The van der Waals surface area contributed by atoms with Gasteiger partial charge in [-0.05, 0) is 31.1 Å². The first-order valence-electron chi connectivity index (χ1n) is 7.17. The zero-order valence-electron chi connectivity index (χ0n) is 13.1. The molecule has 0 aromatic carbocycles. The fourth-order valence-corrected chi connectivity index (χ4v) is 2.92. The number of hydrogen-bond acceptors (Lipinski definition) is 3. The van der Waals surface area contributed by atoms with Crippen molar-refractivity contribution in [3.8, 4) is 0 Å². The minimum Gasteiger partial charge on any atom is -0.434 e. The molecule has 1 saturated carbocycles. The molecule has 0 spiro atoms. The summed E-state index contributed by atoms with van der Waals surface area (Å²) in [6.07, 6.45) is -5.92. The summed E-state index contributed by atoms with van der Waals surface area (Å²) in [6, 6.07) is 0. The first-order valence-corrected chi connectivity index (χ1v) is 7.17. The maximum atomic E-state index is 12.6. The molecule has 5 nitrogen and oxygen atoms in total. The minimum absolute atomic E-state index is 0.264. The zero-order chi connectivity index (χ0) is 16.9. The van der Waals surface area contributed by atoms with Crippen LogP contribution < -0.4 is 5.32 Å². The van der Waals surface area contributed by atoms with Crippen molar-refractivity contribution in [2.45, 2.75) is 39.5 Å². The van der Waals surface area contributed by atoms with Crippen LogP contribution in [0.5, 0.6) is 0 Å². The number of halogens is 3. The molecule has 22 heavy (non-hydrogen) atoms. The molecule has 2 rings (SSSR count). The third kappa shape index (κ3) is 3.01. The quantitative estimate of drug-likeness (QED) is 0.866. The van der Waals surface area contributed by atoms with Crippen molar-refractivity contribution < 1.29 is 27.5 Å². The number of carbonyl (C=O) groups excluding carboxylic acids is 2. The Morgan fingerprint density at radius 3 is 2.18 bits per heavy atom. The normalized spacial score (nSPS) is 26.4. The first-order chi connectivity index (χ1) is 9.86. The predicted octanol–water partition coefficient (Wildman–Crippen LogP) is 2.17. The van der Waals surface area contributed by atoms with Crippen LogP contribution in [-0.2, 0) is 9.53 Å². The Balaban J connectivity index is 1.75. The van der Waals surface area contributed by atoms with Gasteiger partial charge in [-0.25, -0.2) is 4.79 Å². The second kappa shape index (κ2) is 5.03. The summed E-state index contributed by atoms with van der Waals surface area (Å²) < 4.78 is 42.1. The van der Waals surface area contributed by atoms with Crippen molar-refractivity contribution >= 4 is 12.0 Å². The highest BCUT2D eigenvalue weighted by molar-refractivity contribution is 5.82. The smallest absolute Gasteiger partial charge is 0.427 e. The minimum atomic E-state index is -4.67. The Morgan fingerprint density at radius 1 is 1.23 bits per heavy atom. The van der Waals surface area contributed by atoms with Crippen molar-refractivity contribution in [3.63, 3.8) is 0 Å². The third-order valence-corrected chi connectivity index (χ3v) is 4.89. The van der Waals surface area contributed by atoms with E-state index >= 15 is 0 Å². The van der Waals surface area contributed by atoms with E-state index in [1.165, 1.54) is 0 Å². The topological polar surface area (TPSA) is 58.6 Å². The van der Waals surface area contributed by atoms with Crippen LogP contribution >= 0.6 is 0 Å². The Morgan fingerprint density at radius 2 is 1.73 bits per heavy atom. The molecule has 2 amide bonds. The van der Waals surface area contributed by atoms with E-state index < -0.39 is 17.9 Å². The second-order valence-corrected chi connectivity index (χ2v) is 7.08. The van der Waals surface area contributed by atoms with Gasteiger partial charge in [0.05, 0.1) is 0 Å². The van der Waals surface area contributed by atoms with Gasteiger partial charge in [-0.1, -0.05) is 13.8 Å². The van der Waals surface area contributed by atoms with Gasteiger partial charge in [-0.3, -0.25) is 4.79 Å². The number of hydrogen-bond donors (Lipinski definition) is 1. The van der Waals surface area contributed by atoms with Gasteiger partial charge < -0.3 is 15.0 Å². The largest absolute Gasteiger partial charge is 0.434 e. The number of piperidine rings is 1. The molecule has 2 aliphatic rings. The summed E-state index contributed by atoms with van der Waals surface area (Å²) >= 11 is 0. The molecule has 0 bridgehead atoms. The van der Waals surface area contributed by atoms with E-state index in [-0.39, 0.29) is 17.9 Å².